The minimum atomic E-state index is -0.683. The van der Waals surface area contributed by atoms with Crippen LogP contribution in [-0.2, 0) is 0 Å². The summed E-state index contributed by atoms with van der Waals surface area (Å²) in [6, 6.07) is 3.49. The summed E-state index contributed by atoms with van der Waals surface area (Å²) < 4.78 is 27.1. The van der Waals surface area contributed by atoms with Crippen LogP contribution in [0.2, 0.25) is 0 Å². The molecule has 0 unspecified atom stereocenters. The van der Waals surface area contributed by atoms with Gasteiger partial charge in [0.25, 0.3) is 5.91 Å². The lowest BCUT2D eigenvalue weighted by Gasteiger charge is -2.10. The molecule has 0 atom stereocenters. The standard InChI is InChI=1S/C14H13F2N3O/c1-8-5-11(16)12(6-10(8)15)19-14(20)9-3-4-18-7-13(9)17-2/h3-7,17H,1-2H3,(H,19,20). The Labute approximate surface area is 114 Å². The van der Waals surface area contributed by atoms with Crippen molar-refractivity contribution in [3.63, 3.8) is 0 Å². The van der Waals surface area contributed by atoms with E-state index in [2.05, 4.69) is 15.6 Å². The molecule has 1 heterocycles. The van der Waals surface area contributed by atoms with Crippen molar-refractivity contribution < 1.29 is 13.6 Å². The molecule has 6 heteroatoms. The van der Waals surface area contributed by atoms with Gasteiger partial charge in [0.15, 0.2) is 0 Å². The fraction of sp³-hybridized carbons (Fsp3) is 0.143. The molecule has 1 aromatic carbocycles. The zero-order valence-electron chi connectivity index (χ0n) is 11.0. The van der Waals surface area contributed by atoms with Gasteiger partial charge in [0.2, 0.25) is 0 Å². The number of carbonyl (C=O) groups is 1. The van der Waals surface area contributed by atoms with Crippen molar-refractivity contribution in [3.8, 4) is 0 Å². The number of aromatic nitrogens is 1. The van der Waals surface area contributed by atoms with E-state index in [0.29, 0.717) is 11.3 Å². The average Bonchev–Trinajstić information content (AvgIpc) is 2.44. The van der Waals surface area contributed by atoms with Crippen molar-refractivity contribution in [1.82, 2.24) is 4.98 Å². The molecule has 0 spiro atoms. The van der Waals surface area contributed by atoms with Crippen LogP contribution in [0.1, 0.15) is 15.9 Å². The lowest BCUT2D eigenvalue weighted by Crippen LogP contribution is -2.15. The number of hydrogen-bond donors (Lipinski definition) is 2. The molecular formula is C14H13F2N3O. The van der Waals surface area contributed by atoms with E-state index in [9.17, 15) is 13.6 Å². The minimum absolute atomic E-state index is 0.181. The second kappa shape index (κ2) is 5.64. The number of anilines is 2. The van der Waals surface area contributed by atoms with Crippen molar-refractivity contribution in [3.05, 3.63) is 53.4 Å². The summed E-state index contributed by atoms with van der Waals surface area (Å²) in [5.74, 6) is -1.80. The average molecular weight is 277 g/mol. The summed E-state index contributed by atoms with van der Waals surface area (Å²) >= 11 is 0. The number of amides is 1. The molecule has 0 aliphatic heterocycles. The molecule has 2 aromatic rings. The van der Waals surface area contributed by atoms with Crippen LogP contribution in [-0.4, -0.2) is 17.9 Å². The Morgan fingerprint density at radius 1 is 1.20 bits per heavy atom. The smallest absolute Gasteiger partial charge is 0.257 e. The Morgan fingerprint density at radius 3 is 2.65 bits per heavy atom. The maximum Gasteiger partial charge on any atom is 0.257 e. The highest BCUT2D eigenvalue weighted by Crippen LogP contribution is 2.21. The highest BCUT2D eigenvalue weighted by Gasteiger charge is 2.14. The van der Waals surface area contributed by atoms with Crippen LogP contribution in [0.15, 0.2) is 30.6 Å². The lowest BCUT2D eigenvalue weighted by atomic mass is 10.1. The summed E-state index contributed by atoms with van der Waals surface area (Å²) in [5, 5.41) is 5.15. The van der Waals surface area contributed by atoms with E-state index in [0.717, 1.165) is 12.1 Å². The molecule has 2 rings (SSSR count). The number of hydrogen-bond acceptors (Lipinski definition) is 3. The van der Waals surface area contributed by atoms with Crippen LogP contribution >= 0.6 is 0 Å². The van der Waals surface area contributed by atoms with Crippen LogP contribution in [0, 0.1) is 18.6 Å². The molecule has 1 aromatic heterocycles. The number of benzene rings is 1. The molecule has 0 bridgehead atoms. The fourth-order valence-corrected chi connectivity index (χ4v) is 1.72. The van der Waals surface area contributed by atoms with Crippen molar-refractivity contribution in [2.75, 3.05) is 17.7 Å². The molecule has 104 valence electrons. The molecule has 1 amide bonds. The van der Waals surface area contributed by atoms with Crippen LogP contribution < -0.4 is 10.6 Å². The largest absolute Gasteiger partial charge is 0.386 e. The number of rotatable bonds is 3. The molecule has 0 aliphatic carbocycles. The molecule has 0 radical (unpaired) electrons. The highest BCUT2D eigenvalue weighted by atomic mass is 19.1. The first-order valence-corrected chi connectivity index (χ1v) is 5.91. The third kappa shape index (κ3) is 2.74. The van der Waals surface area contributed by atoms with Crippen LogP contribution in [0.5, 0.6) is 0 Å². The SMILES string of the molecule is CNc1cnccc1C(=O)Nc1cc(F)c(C)cc1F. The number of nitrogens with zero attached hydrogens (tertiary/aromatic N) is 1. The molecule has 0 saturated heterocycles. The van der Waals surface area contributed by atoms with Gasteiger partial charge >= 0.3 is 0 Å². The summed E-state index contributed by atoms with van der Waals surface area (Å²) in [5.41, 5.74) is 0.776. The fourth-order valence-electron chi connectivity index (χ4n) is 1.72. The molecule has 0 fully saturated rings. The quantitative estimate of drug-likeness (QED) is 0.907. The first kappa shape index (κ1) is 13.9. The van der Waals surface area contributed by atoms with Crippen LogP contribution in [0.4, 0.5) is 20.2 Å². The van der Waals surface area contributed by atoms with E-state index in [4.69, 9.17) is 0 Å². The number of pyridine rings is 1. The molecule has 20 heavy (non-hydrogen) atoms. The second-order valence-electron chi connectivity index (χ2n) is 4.21. The van der Waals surface area contributed by atoms with Gasteiger partial charge in [0, 0.05) is 19.3 Å². The third-order valence-electron chi connectivity index (χ3n) is 2.83. The minimum Gasteiger partial charge on any atom is -0.386 e. The molecule has 4 nitrogen and oxygen atoms in total. The third-order valence-corrected chi connectivity index (χ3v) is 2.83. The number of carbonyl (C=O) groups excluding carboxylic acids is 1. The van der Waals surface area contributed by atoms with Crippen molar-refractivity contribution in [2.45, 2.75) is 6.92 Å². The van der Waals surface area contributed by atoms with Gasteiger partial charge in [-0.2, -0.15) is 0 Å². The second-order valence-corrected chi connectivity index (χ2v) is 4.21. The van der Waals surface area contributed by atoms with E-state index < -0.39 is 17.5 Å². The zero-order valence-corrected chi connectivity index (χ0v) is 11.0. The molecule has 2 N–H and O–H groups in total. The van der Waals surface area contributed by atoms with Gasteiger partial charge in [-0.05, 0) is 24.6 Å². The van der Waals surface area contributed by atoms with Crippen molar-refractivity contribution in [1.29, 1.82) is 0 Å². The topological polar surface area (TPSA) is 54.0 Å². The van der Waals surface area contributed by atoms with Gasteiger partial charge in [-0.15, -0.1) is 0 Å². The predicted octanol–water partition coefficient (Wildman–Crippen LogP) is 2.96. The summed E-state index contributed by atoms with van der Waals surface area (Å²) in [7, 11) is 1.64. The van der Waals surface area contributed by atoms with Gasteiger partial charge in [0.05, 0.1) is 23.1 Å². The van der Waals surface area contributed by atoms with Gasteiger partial charge in [-0.3, -0.25) is 9.78 Å². The maximum absolute atomic E-state index is 13.7. The van der Waals surface area contributed by atoms with Gasteiger partial charge in [-0.25, -0.2) is 8.78 Å². The Kier molecular flexibility index (Phi) is 3.93. The summed E-state index contributed by atoms with van der Waals surface area (Å²) in [4.78, 5) is 15.9. The normalized spacial score (nSPS) is 10.2. The molecule has 0 saturated carbocycles. The Bertz CT molecular complexity index is 659. The zero-order chi connectivity index (χ0) is 14.7. The predicted molar refractivity (Wildman–Crippen MR) is 72.8 cm³/mol. The van der Waals surface area contributed by atoms with Gasteiger partial charge in [0.1, 0.15) is 11.6 Å². The monoisotopic (exact) mass is 277 g/mol. The number of nitrogens with one attached hydrogen (secondary N) is 2. The first-order valence-electron chi connectivity index (χ1n) is 5.91. The molecular weight excluding hydrogens is 264 g/mol. The van der Waals surface area contributed by atoms with E-state index in [1.54, 1.807) is 7.05 Å². The lowest BCUT2D eigenvalue weighted by molar-refractivity contribution is 0.102. The molecule has 0 aliphatic rings. The van der Waals surface area contributed by atoms with E-state index in [1.165, 1.54) is 25.4 Å². The van der Waals surface area contributed by atoms with E-state index in [-0.39, 0.29) is 11.3 Å². The van der Waals surface area contributed by atoms with Crippen molar-refractivity contribution >= 4 is 17.3 Å². The van der Waals surface area contributed by atoms with Crippen LogP contribution in [0.25, 0.3) is 0 Å². The van der Waals surface area contributed by atoms with Crippen molar-refractivity contribution in [2.24, 2.45) is 0 Å². The Morgan fingerprint density at radius 2 is 1.95 bits per heavy atom. The van der Waals surface area contributed by atoms with Gasteiger partial charge in [-0.1, -0.05) is 0 Å². The Balaban J connectivity index is 2.30. The number of aryl methyl sites for hydroxylation is 1. The van der Waals surface area contributed by atoms with Crippen LogP contribution in [0.3, 0.4) is 0 Å². The maximum atomic E-state index is 13.7. The van der Waals surface area contributed by atoms with E-state index >= 15 is 0 Å². The highest BCUT2D eigenvalue weighted by molar-refractivity contribution is 6.07. The summed E-state index contributed by atoms with van der Waals surface area (Å²) in [6.07, 6.45) is 2.92. The number of halogens is 2. The van der Waals surface area contributed by atoms with E-state index in [1.807, 2.05) is 0 Å². The summed E-state index contributed by atoms with van der Waals surface area (Å²) in [6.45, 7) is 1.45. The van der Waals surface area contributed by atoms with Gasteiger partial charge < -0.3 is 10.6 Å². The Hall–Kier alpha value is -2.50. The first-order chi connectivity index (χ1) is 9.52.